The van der Waals surface area contributed by atoms with E-state index in [2.05, 4.69) is 30.1 Å². The molecule has 0 aliphatic heterocycles. The molecule has 0 aliphatic rings. The zero-order valence-corrected chi connectivity index (χ0v) is 9.98. The van der Waals surface area contributed by atoms with Crippen LogP contribution in [0.3, 0.4) is 0 Å². The smallest absolute Gasteiger partial charge is 0.123 e. The molecule has 15 heavy (non-hydrogen) atoms. The summed E-state index contributed by atoms with van der Waals surface area (Å²) in [6.07, 6.45) is 0. The minimum Gasteiger partial charge on any atom is -1.00 e. The molecule has 2 nitrogen and oxygen atoms in total. The topological polar surface area (TPSA) is 38.9 Å². The van der Waals surface area contributed by atoms with E-state index < -0.39 is 0 Å². The number of aromatic nitrogens is 1. The van der Waals surface area contributed by atoms with Gasteiger partial charge in [0.05, 0.1) is 5.69 Å². The van der Waals surface area contributed by atoms with Crippen LogP contribution in [0.5, 0.6) is 0 Å². The summed E-state index contributed by atoms with van der Waals surface area (Å²) in [6.45, 7) is 2.60. The summed E-state index contributed by atoms with van der Waals surface area (Å²) in [4.78, 5) is 4.43. The molecule has 0 amide bonds. The molecule has 0 spiro atoms. The molecule has 1 aromatic carbocycles. The van der Waals surface area contributed by atoms with Crippen LogP contribution >= 0.6 is 11.3 Å². The van der Waals surface area contributed by atoms with Crippen molar-refractivity contribution >= 4 is 11.3 Å². The maximum atomic E-state index is 5.52. The second-order valence-electron chi connectivity index (χ2n) is 3.22. The SMILES string of the molecule is Cc1cccc(-c2nc(CN)cs2)c1.[Cl-]. The maximum absolute atomic E-state index is 5.52. The predicted molar refractivity (Wildman–Crippen MR) is 60.2 cm³/mol. The molecule has 0 fully saturated rings. The molecule has 0 atom stereocenters. The van der Waals surface area contributed by atoms with Crippen LogP contribution < -0.4 is 18.1 Å². The van der Waals surface area contributed by atoms with Crippen LogP contribution in [0.25, 0.3) is 10.6 Å². The average molecular weight is 240 g/mol. The summed E-state index contributed by atoms with van der Waals surface area (Å²) in [5.74, 6) is 0. The molecule has 4 heteroatoms. The molecular formula is C11H12ClN2S-. The standard InChI is InChI=1S/C11H12N2S.ClH/c1-8-3-2-4-9(5-8)11-13-10(6-12)7-14-11;/h2-5,7H,6,12H2,1H3;1H/p-1. The lowest BCUT2D eigenvalue weighted by Crippen LogP contribution is -3.00. The Labute approximate surface area is 99.6 Å². The van der Waals surface area contributed by atoms with Crippen molar-refractivity contribution in [3.05, 3.63) is 40.9 Å². The van der Waals surface area contributed by atoms with Crippen LogP contribution in [-0.2, 0) is 6.54 Å². The van der Waals surface area contributed by atoms with E-state index in [1.54, 1.807) is 11.3 Å². The molecule has 80 valence electrons. The molecule has 0 unspecified atom stereocenters. The normalized spacial score (nSPS) is 9.73. The molecule has 2 rings (SSSR count). The molecule has 2 aromatic rings. The van der Waals surface area contributed by atoms with E-state index in [0.29, 0.717) is 6.54 Å². The van der Waals surface area contributed by atoms with Crippen molar-refractivity contribution < 1.29 is 12.4 Å². The largest absolute Gasteiger partial charge is 1.00 e. The number of thiazole rings is 1. The number of aryl methyl sites for hydroxylation is 1. The van der Waals surface area contributed by atoms with Gasteiger partial charge in [-0.3, -0.25) is 0 Å². The van der Waals surface area contributed by atoms with Crippen LogP contribution in [0.15, 0.2) is 29.6 Å². The summed E-state index contributed by atoms with van der Waals surface area (Å²) < 4.78 is 0. The van der Waals surface area contributed by atoms with Gasteiger partial charge in [-0.25, -0.2) is 4.98 Å². The molecule has 0 aliphatic carbocycles. The highest BCUT2D eigenvalue weighted by Gasteiger charge is 2.02. The number of hydrogen-bond donors (Lipinski definition) is 1. The van der Waals surface area contributed by atoms with E-state index in [-0.39, 0.29) is 12.4 Å². The number of rotatable bonds is 2. The van der Waals surface area contributed by atoms with Crippen molar-refractivity contribution in [3.63, 3.8) is 0 Å². The van der Waals surface area contributed by atoms with Gasteiger partial charge in [0.25, 0.3) is 0 Å². The van der Waals surface area contributed by atoms with E-state index in [9.17, 15) is 0 Å². The third-order valence-electron chi connectivity index (χ3n) is 2.03. The Morgan fingerprint density at radius 1 is 1.40 bits per heavy atom. The number of nitrogens with two attached hydrogens (primary N) is 1. The number of nitrogens with zero attached hydrogens (tertiary/aromatic N) is 1. The van der Waals surface area contributed by atoms with Crippen molar-refractivity contribution in [2.45, 2.75) is 13.5 Å². The quantitative estimate of drug-likeness (QED) is 0.774. The molecule has 0 radical (unpaired) electrons. The van der Waals surface area contributed by atoms with Crippen molar-refractivity contribution in [1.82, 2.24) is 4.98 Å². The Morgan fingerprint density at radius 2 is 2.20 bits per heavy atom. The van der Waals surface area contributed by atoms with Crippen LogP contribution in [0.1, 0.15) is 11.3 Å². The highest BCUT2D eigenvalue weighted by molar-refractivity contribution is 7.13. The first-order chi connectivity index (χ1) is 6.79. The monoisotopic (exact) mass is 239 g/mol. The predicted octanol–water partition coefficient (Wildman–Crippen LogP) is -0.419. The number of benzene rings is 1. The van der Waals surface area contributed by atoms with Crippen molar-refractivity contribution in [2.75, 3.05) is 0 Å². The van der Waals surface area contributed by atoms with Gasteiger partial charge in [0.2, 0.25) is 0 Å². The summed E-state index contributed by atoms with van der Waals surface area (Å²) in [5.41, 5.74) is 8.91. The van der Waals surface area contributed by atoms with E-state index in [1.807, 2.05) is 11.4 Å². The van der Waals surface area contributed by atoms with E-state index in [1.165, 1.54) is 11.1 Å². The minimum atomic E-state index is 0. The molecule has 0 bridgehead atoms. The van der Waals surface area contributed by atoms with Crippen molar-refractivity contribution in [2.24, 2.45) is 5.73 Å². The van der Waals surface area contributed by atoms with Crippen LogP contribution in [0.2, 0.25) is 0 Å². The first kappa shape index (κ1) is 12.2. The van der Waals surface area contributed by atoms with Gasteiger partial charge in [0.15, 0.2) is 0 Å². The number of halogens is 1. The molecule has 1 aromatic heterocycles. The fourth-order valence-electron chi connectivity index (χ4n) is 1.31. The lowest BCUT2D eigenvalue weighted by atomic mass is 10.1. The third-order valence-corrected chi connectivity index (χ3v) is 2.97. The number of hydrogen-bond acceptors (Lipinski definition) is 3. The zero-order valence-electron chi connectivity index (χ0n) is 8.40. The fraction of sp³-hybridized carbons (Fsp3) is 0.182. The Kier molecular flexibility index (Phi) is 4.27. The van der Waals surface area contributed by atoms with E-state index in [4.69, 9.17) is 5.73 Å². The second-order valence-corrected chi connectivity index (χ2v) is 4.08. The lowest BCUT2D eigenvalue weighted by molar-refractivity contribution is -0.00000297. The van der Waals surface area contributed by atoms with E-state index >= 15 is 0 Å². The van der Waals surface area contributed by atoms with Gasteiger partial charge in [0.1, 0.15) is 5.01 Å². The fourth-order valence-corrected chi connectivity index (χ4v) is 2.14. The van der Waals surface area contributed by atoms with Crippen LogP contribution in [0, 0.1) is 6.92 Å². The van der Waals surface area contributed by atoms with Gasteiger partial charge >= 0.3 is 0 Å². The van der Waals surface area contributed by atoms with Gasteiger partial charge in [-0.05, 0) is 13.0 Å². The molecule has 0 saturated carbocycles. The molecular weight excluding hydrogens is 228 g/mol. The highest BCUT2D eigenvalue weighted by Crippen LogP contribution is 2.23. The van der Waals surface area contributed by atoms with Gasteiger partial charge in [-0.1, -0.05) is 23.8 Å². The van der Waals surface area contributed by atoms with Crippen LogP contribution in [-0.4, -0.2) is 4.98 Å². The van der Waals surface area contributed by atoms with E-state index in [0.717, 1.165) is 10.7 Å². The zero-order chi connectivity index (χ0) is 9.97. The van der Waals surface area contributed by atoms with Crippen molar-refractivity contribution in [3.8, 4) is 10.6 Å². The van der Waals surface area contributed by atoms with Gasteiger partial charge < -0.3 is 18.1 Å². The third kappa shape index (κ3) is 2.78. The second kappa shape index (κ2) is 5.26. The first-order valence-electron chi connectivity index (χ1n) is 4.51. The van der Waals surface area contributed by atoms with Gasteiger partial charge in [-0.2, -0.15) is 0 Å². The molecule has 2 N–H and O–H groups in total. The highest BCUT2D eigenvalue weighted by atomic mass is 35.5. The Balaban J connectivity index is 0.00000112. The lowest BCUT2D eigenvalue weighted by Gasteiger charge is -1.97. The van der Waals surface area contributed by atoms with Crippen LogP contribution in [0.4, 0.5) is 0 Å². The Morgan fingerprint density at radius 3 is 2.80 bits per heavy atom. The average Bonchev–Trinajstić information content (AvgIpc) is 2.66. The summed E-state index contributed by atoms with van der Waals surface area (Å²) in [6, 6.07) is 8.35. The van der Waals surface area contributed by atoms with Crippen molar-refractivity contribution in [1.29, 1.82) is 0 Å². The van der Waals surface area contributed by atoms with Gasteiger partial charge in [0, 0.05) is 17.5 Å². The Bertz CT molecular complexity index is 440. The van der Waals surface area contributed by atoms with Gasteiger partial charge in [-0.15, -0.1) is 11.3 Å². The Hall–Kier alpha value is -0.900. The maximum Gasteiger partial charge on any atom is 0.123 e. The summed E-state index contributed by atoms with van der Waals surface area (Å²) in [7, 11) is 0. The minimum absolute atomic E-state index is 0. The first-order valence-corrected chi connectivity index (χ1v) is 5.39. The summed E-state index contributed by atoms with van der Waals surface area (Å²) in [5, 5.41) is 3.06. The molecule has 0 saturated heterocycles. The summed E-state index contributed by atoms with van der Waals surface area (Å²) >= 11 is 1.64. The molecule has 1 heterocycles.